The molecule has 0 saturated heterocycles. The normalized spacial score (nSPS) is 11.6. The van der Waals surface area contributed by atoms with E-state index in [4.69, 9.17) is 4.74 Å². The van der Waals surface area contributed by atoms with Crippen molar-refractivity contribution in [3.05, 3.63) is 77.6 Å². The van der Waals surface area contributed by atoms with Gasteiger partial charge in [-0.15, -0.1) is 11.3 Å². The summed E-state index contributed by atoms with van der Waals surface area (Å²) in [6.07, 6.45) is 6.76. The molecule has 0 aliphatic rings. The van der Waals surface area contributed by atoms with Crippen LogP contribution in [0.15, 0.2) is 71.3 Å². The van der Waals surface area contributed by atoms with Crippen molar-refractivity contribution in [1.29, 1.82) is 0 Å². The van der Waals surface area contributed by atoms with Crippen molar-refractivity contribution in [2.75, 3.05) is 6.61 Å². The van der Waals surface area contributed by atoms with Gasteiger partial charge in [0.15, 0.2) is 10.8 Å². The number of ether oxygens (including phenoxy) is 1. The van der Waals surface area contributed by atoms with E-state index in [1.54, 1.807) is 24.5 Å². The van der Waals surface area contributed by atoms with E-state index in [9.17, 15) is 13.2 Å². The number of nitrogens with zero attached hydrogens (tertiary/aromatic N) is 3. The van der Waals surface area contributed by atoms with Gasteiger partial charge in [0, 0.05) is 36.1 Å². The second-order valence-electron chi connectivity index (χ2n) is 9.44. The number of hydrogen-bond donors (Lipinski definition) is 1. The van der Waals surface area contributed by atoms with E-state index >= 15 is 0 Å². The van der Waals surface area contributed by atoms with Crippen molar-refractivity contribution in [1.82, 2.24) is 19.3 Å². The zero-order valence-corrected chi connectivity index (χ0v) is 23.4. The van der Waals surface area contributed by atoms with Crippen molar-refractivity contribution in [3.8, 4) is 22.0 Å². The van der Waals surface area contributed by atoms with Crippen LogP contribution in [-0.4, -0.2) is 35.7 Å². The molecule has 0 unspecified atom stereocenters. The molecule has 0 spiro atoms. The summed E-state index contributed by atoms with van der Waals surface area (Å²) in [5.74, 6) is 1.21. The number of carbonyl (C=O) groups is 1. The number of amides is 1. The molecule has 200 valence electrons. The topological polar surface area (TPSA) is 103 Å². The number of rotatable bonds is 11. The van der Waals surface area contributed by atoms with Crippen molar-refractivity contribution in [2.24, 2.45) is 5.92 Å². The summed E-state index contributed by atoms with van der Waals surface area (Å²) in [6, 6.07) is 13.0. The minimum atomic E-state index is -4.15. The Kier molecular flexibility index (Phi) is 8.96. The average Bonchev–Trinajstić information content (AvgIpc) is 3.56. The molecule has 1 amide bonds. The molecule has 2 aromatic heterocycles. The molecule has 4 aromatic rings. The Morgan fingerprint density at radius 3 is 2.53 bits per heavy atom. The van der Waals surface area contributed by atoms with Gasteiger partial charge >= 0.3 is 6.09 Å². The second-order valence-corrected chi connectivity index (χ2v) is 12.0. The number of sulfonamides is 1. The first kappa shape index (κ1) is 27.5. The lowest BCUT2D eigenvalue weighted by atomic mass is 9.97. The maximum absolute atomic E-state index is 13.2. The van der Waals surface area contributed by atoms with Crippen LogP contribution in [0.5, 0.6) is 0 Å². The van der Waals surface area contributed by atoms with Gasteiger partial charge in [0.2, 0.25) is 0 Å². The lowest BCUT2D eigenvalue weighted by Crippen LogP contribution is -2.31. The Morgan fingerprint density at radius 1 is 1.08 bits per heavy atom. The first-order valence-corrected chi connectivity index (χ1v) is 15.0. The SMILES string of the molecule is CCCCOC(=O)NS(=O)(=O)c1ccc(CC(C)C)cc1-c1ccc(Cn2ccnc2-c2nccs2)cc1. The van der Waals surface area contributed by atoms with Crippen LogP contribution >= 0.6 is 11.3 Å². The van der Waals surface area contributed by atoms with Gasteiger partial charge in [-0.1, -0.05) is 57.5 Å². The van der Waals surface area contributed by atoms with Crippen molar-refractivity contribution >= 4 is 27.5 Å². The minimum Gasteiger partial charge on any atom is -0.449 e. The standard InChI is InChI=1S/C28H32N4O4S2/c1-4-5-15-36-28(33)31-38(34,35)25-11-8-22(17-20(2)3)18-24(25)23-9-6-21(7-10-23)19-32-14-12-29-26(32)27-30-13-16-37-27/h6-14,16,18,20H,4-5,15,17,19H2,1-3H3,(H,31,33). The third-order valence-corrected chi connectivity index (χ3v) is 8.02. The maximum Gasteiger partial charge on any atom is 0.421 e. The summed E-state index contributed by atoms with van der Waals surface area (Å²) in [7, 11) is -4.15. The molecule has 0 aliphatic carbocycles. The molecular formula is C28H32N4O4S2. The smallest absolute Gasteiger partial charge is 0.421 e. The van der Waals surface area contributed by atoms with Gasteiger partial charge in [-0.25, -0.2) is 27.9 Å². The van der Waals surface area contributed by atoms with Gasteiger partial charge in [0.05, 0.1) is 11.5 Å². The average molecular weight is 553 g/mol. The fourth-order valence-corrected chi connectivity index (χ4v) is 5.84. The number of thiazole rings is 1. The predicted molar refractivity (Wildman–Crippen MR) is 149 cm³/mol. The van der Waals surface area contributed by atoms with Gasteiger partial charge in [-0.3, -0.25) is 0 Å². The quantitative estimate of drug-likeness (QED) is 0.224. The fraction of sp³-hybridized carbons (Fsp3) is 0.321. The molecule has 0 fully saturated rings. The molecule has 10 heteroatoms. The van der Waals surface area contributed by atoms with Gasteiger partial charge in [-0.2, -0.15) is 0 Å². The van der Waals surface area contributed by atoms with Crippen LogP contribution in [0, 0.1) is 5.92 Å². The molecule has 0 radical (unpaired) electrons. The fourth-order valence-electron chi connectivity index (χ4n) is 4.09. The number of hydrogen-bond acceptors (Lipinski definition) is 7. The first-order valence-electron chi connectivity index (χ1n) is 12.6. The molecule has 38 heavy (non-hydrogen) atoms. The number of benzene rings is 2. The van der Waals surface area contributed by atoms with E-state index in [0.717, 1.165) is 40.4 Å². The molecule has 4 rings (SSSR count). The van der Waals surface area contributed by atoms with E-state index in [1.807, 2.05) is 53.4 Å². The Labute approximate surface area is 227 Å². The summed E-state index contributed by atoms with van der Waals surface area (Å²) < 4.78 is 35.5. The Balaban J connectivity index is 1.62. The molecule has 0 saturated carbocycles. The number of unbranched alkanes of at least 4 members (excludes halogenated alkanes) is 1. The van der Waals surface area contributed by atoms with Gasteiger partial charge < -0.3 is 9.30 Å². The lowest BCUT2D eigenvalue weighted by Gasteiger charge is -2.15. The summed E-state index contributed by atoms with van der Waals surface area (Å²) in [6.45, 7) is 6.95. The molecule has 8 nitrogen and oxygen atoms in total. The zero-order chi connectivity index (χ0) is 27.1. The Morgan fingerprint density at radius 2 is 1.84 bits per heavy atom. The second kappa shape index (κ2) is 12.4. The highest BCUT2D eigenvalue weighted by Crippen LogP contribution is 2.30. The molecule has 0 aliphatic heterocycles. The molecule has 1 N–H and O–H groups in total. The molecular weight excluding hydrogens is 520 g/mol. The van der Waals surface area contributed by atoms with Crippen LogP contribution < -0.4 is 4.72 Å². The van der Waals surface area contributed by atoms with Gasteiger partial charge in [0.25, 0.3) is 10.0 Å². The molecule has 2 aromatic carbocycles. The van der Waals surface area contributed by atoms with E-state index < -0.39 is 16.1 Å². The molecule has 2 heterocycles. The van der Waals surface area contributed by atoms with E-state index in [2.05, 4.69) is 28.5 Å². The van der Waals surface area contributed by atoms with Gasteiger partial charge in [-0.05, 0) is 47.6 Å². The number of imidazole rings is 1. The highest BCUT2D eigenvalue weighted by atomic mass is 32.2. The number of aromatic nitrogens is 3. The third-order valence-electron chi connectivity index (χ3n) is 5.88. The highest BCUT2D eigenvalue weighted by Gasteiger charge is 2.23. The van der Waals surface area contributed by atoms with Crippen molar-refractivity contribution in [2.45, 2.75) is 51.5 Å². The van der Waals surface area contributed by atoms with Crippen LogP contribution in [-0.2, 0) is 27.7 Å². The van der Waals surface area contributed by atoms with E-state index in [1.165, 1.54) is 11.3 Å². The number of carbonyl (C=O) groups excluding carboxylic acids is 1. The maximum atomic E-state index is 13.2. The molecule has 0 bridgehead atoms. The summed E-state index contributed by atoms with van der Waals surface area (Å²) in [5.41, 5.74) is 3.33. The zero-order valence-electron chi connectivity index (χ0n) is 21.8. The summed E-state index contributed by atoms with van der Waals surface area (Å²) in [4.78, 5) is 21.0. The van der Waals surface area contributed by atoms with E-state index in [0.29, 0.717) is 24.4 Å². The number of nitrogens with one attached hydrogen (secondary N) is 1. The van der Waals surface area contributed by atoms with Crippen LogP contribution in [0.2, 0.25) is 0 Å². The predicted octanol–water partition coefficient (Wildman–Crippen LogP) is 6.14. The Bertz CT molecular complexity index is 1460. The largest absolute Gasteiger partial charge is 0.449 e. The summed E-state index contributed by atoms with van der Waals surface area (Å²) >= 11 is 1.53. The first-order chi connectivity index (χ1) is 18.3. The lowest BCUT2D eigenvalue weighted by molar-refractivity contribution is 0.151. The van der Waals surface area contributed by atoms with Crippen molar-refractivity contribution in [3.63, 3.8) is 0 Å². The highest BCUT2D eigenvalue weighted by molar-refractivity contribution is 7.90. The van der Waals surface area contributed by atoms with E-state index in [-0.39, 0.29) is 11.5 Å². The third kappa shape index (κ3) is 6.87. The van der Waals surface area contributed by atoms with Crippen LogP contribution in [0.3, 0.4) is 0 Å². The monoisotopic (exact) mass is 552 g/mol. The Hall–Kier alpha value is -3.50. The van der Waals surface area contributed by atoms with Gasteiger partial charge in [0.1, 0.15) is 0 Å². The molecule has 0 atom stereocenters. The van der Waals surface area contributed by atoms with Crippen LogP contribution in [0.4, 0.5) is 4.79 Å². The van der Waals surface area contributed by atoms with Crippen LogP contribution in [0.1, 0.15) is 44.7 Å². The summed E-state index contributed by atoms with van der Waals surface area (Å²) in [5, 5.41) is 2.77. The van der Waals surface area contributed by atoms with Crippen LogP contribution in [0.25, 0.3) is 22.0 Å². The minimum absolute atomic E-state index is 0.0332. The van der Waals surface area contributed by atoms with Crippen molar-refractivity contribution < 1.29 is 17.9 Å².